The first-order valence-corrected chi connectivity index (χ1v) is 6.56. The Kier molecular flexibility index (Phi) is 4.03. The Morgan fingerprint density at radius 3 is 2.83 bits per heavy atom. The Balaban J connectivity index is 2.26. The Morgan fingerprint density at radius 2 is 2.17 bits per heavy atom. The summed E-state index contributed by atoms with van der Waals surface area (Å²) in [5.74, 6) is 5.52. The molecular weight excluding hydrogens is 248 g/mol. The summed E-state index contributed by atoms with van der Waals surface area (Å²) in [5, 5.41) is 10.6. The zero-order chi connectivity index (χ0) is 13.0. The van der Waals surface area contributed by atoms with E-state index >= 15 is 0 Å². The van der Waals surface area contributed by atoms with Crippen LogP contribution in [0, 0.1) is 11.8 Å². The summed E-state index contributed by atoms with van der Waals surface area (Å²) >= 11 is 1.57. The van der Waals surface area contributed by atoms with Crippen LogP contribution >= 0.6 is 11.3 Å². The molecule has 1 N–H and O–H groups in total. The third-order valence-corrected chi connectivity index (χ3v) is 3.53. The number of imidazole rings is 1. The molecule has 0 unspecified atom stereocenters. The number of aryl methyl sites for hydroxylation is 1. The van der Waals surface area contributed by atoms with E-state index in [4.69, 9.17) is 5.11 Å². The van der Waals surface area contributed by atoms with Crippen LogP contribution < -0.4 is 5.69 Å². The molecule has 0 aliphatic rings. The highest BCUT2D eigenvalue weighted by molar-refractivity contribution is 7.10. The standard InChI is InChI=1S/C13H14N2O2S/c1-2-14-6-7-15(13(14)17)10-12-11(4-3-8-16)5-9-18-12/h5-7,9,16H,2,8,10H2,1H3. The zero-order valence-electron chi connectivity index (χ0n) is 10.1. The maximum atomic E-state index is 11.9. The number of aromatic nitrogens is 2. The van der Waals surface area contributed by atoms with Crippen LogP contribution in [0.4, 0.5) is 0 Å². The Bertz CT molecular complexity index is 640. The highest BCUT2D eigenvalue weighted by atomic mass is 32.1. The van der Waals surface area contributed by atoms with E-state index in [2.05, 4.69) is 11.8 Å². The van der Waals surface area contributed by atoms with Crippen LogP contribution in [-0.2, 0) is 13.1 Å². The van der Waals surface area contributed by atoms with Crippen molar-refractivity contribution in [2.45, 2.75) is 20.0 Å². The average molecular weight is 262 g/mol. The summed E-state index contributed by atoms with van der Waals surface area (Å²) in [7, 11) is 0. The third-order valence-electron chi connectivity index (χ3n) is 2.62. The normalized spacial score (nSPS) is 10.1. The summed E-state index contributed by atoms with van der Waals surface area (Å²) in [6.07, 6.45) is 3.57. The van der Waals surface area contributed by atoms with Gasteiger partial charge in [0.2, 0.25) is 0 Å². The average Bonchev–Trinajstić information content (AvgIpc) is 2.95. The molecule has 0 saturated heterocycles. The van der Waals surface area contributed by atoms with Gasteiger partial charge in [0.05, 0.1) is 6.54 Å². The van der Waals surface area contributed by atoms with Crippen molar-refractivity contribution in [1.82, 2.24) is 9.13 Å². The molecule has 0 amide bonds. The number of aliphatic hydroxyl groups is 1. The van der Waals surface area contributed by atoms with Crippen LogP contribution in [0.2, 0.25) is 0 Å². The second-order valence-electron chi connectivity index (χ2n) is 3.71. The van der Waals surface area contributed by atoms with E-state index in [0.717, 1.165) is 10.4 Å². The van der Waals surface area contributed by atoms with Crippen molar-refractivity contribution < 1.29 is 5.11 Å². The molecule has 0 radical (unpaired) electrons. The SMILES string of the molecule is CCn1ccn(Cc2sccc2C#CCO)c1=O. The molecule has 0 aliphatic heterocycles. The highest BCUT2D eigenvalue weighted by Crippen LogP contribution is 2.16. The smallest absolute Gasteiger partial charge is 0.328 e. The molecule has 0 aromatic carbocycles. The molecule has 94 valence electrons. The second-order valence-corrected chi connectivity index (χ2v) is 4.71. The van der Waals surface area contributed by atoms with Gasteiger partial charge in [0.25, 0.3) is 0 Å². The van der Waals surface area contributed by atoms with Crippen molar-refractivity contribution >= 4 is 11.3 Å². The van der Waals surface area contributed by atoms with Gasteiger partial charge < -0.3 is 5.11 Å². The Hall–Kier alpha value is -1.77. The molecule has 5 heteroatoms. The van der Waals surface area contributed by atoms with Crippen molar-refractivity contribution in [3.05, 3.63) is 44.8 Å². The minimum Gasteiger partial charge on any atom is -0.384 e. The summed E-state index contributed by atoms with van der Waals surface area (Å²) in [4.78, 5) is 12.9. The van der Waals surface area contributed by atoms with Gasteiger partial charge in [0.1, 0.15) is 6.61 Å². The molecule has 2 aromatic heterocycles. The van der Waals surface area contributed by atoms with Crippen LogP contribution in [-0.4, -0.2) is 20.8 Å². The van der Waals surface area contributed by atoms with Crippen LogP contribution in [0.15, 0.2) is 28.6 Å². The fraction of sp³-hybridized carbons (Fsp3) is 0.308. The maximum Gasteiger partial charge on any atom is 0.328 e. The van der Waals surface area contributed by atoms with E-state index in [0.29, 0.717) is 13.1 Å². The van der Waals surface area contributed by atoms with Crippen molar-refractivity contribution in [3.8, 4) is 11.8 Å². The Morgan fingerprint density at radius 1 is 1.39 bits per heavy atom. The molecule has 0 spiro atoms. The number of hydrogen-bond donors (Lipinski definition) is 1. The zero-order valence-corrected chi connectivity index (χ0v) is 10.9. The predicted octanol–water partition coefficient (Wildman–Crippen LogP) is 1.12. The first-order valence-electron chi connectivity index (χ1n) is 5.68. The molecule has 2 heterocycles. The van der Waals surface area contributed by atoms with Crippen molar-refractivity contribution in [2.75, 3.05) is 6.61 Å². The van der Waals surface area contributed by atoms with Crippen LogP contribution in [0.1, 0.15) is 17.4 Å². The van der Waals surface area contributed by atoms with Crippen molar-refractivity contribution in [3.63, 3.8) is 0 Å². The van der Waals surface area contributed by atoms with Gasteiger partial charge in [-0.2, -0.15) is 0 Å². The number of aliphatic hydroxyl groups excluding tert-OH is 1. The molecule has 0 atom stereocenters. The number of nitrogens with zero attached hydrogens (tertiary/aromatic N) is 2. The molecule has 0 bridgehead atoms. The van der Waals surface area contributed by atoms with Gasteiger partial charge >= 0.3 is 5.69 Å². The van der Waals surface area contributed by atoms with Gasteiger partial charge in [-0.3, -0.25) is 9.13 Å². The van der Waals surface area contributed by atoms with Gasteiger partial charge in [-0.15, -0.1) is 11.3 Å². The lowest BCUT2D eigenvalue weighted by molar-refractivity contribution is 0.350. The van der Waals surface area contributed by atoms with Gasteiger partial charge in [-0.05, 0) is 18.4 Å². The molecule has 4 nitrogen and oxygen atoms in total. The summed E-state index contributed by atoms with van der Waals surface area (Å²) in [6.45, 7) is 2.99. The highest BCUT2D eigenvalue weighted by Gasteiger charge is 2.06. The summed E-state index contributed by atoms with van der Waals surface area (Å²) in [5.41, 5.74) is 0.872. The largest absolute Gasteiger partial charge is 0.384 e. The van der Waals surface area contributed by atoms with E-state index < -0.39 is 0 Å². The van der Waals surface area contributed by atoms with E-state index in [-0.39, 0.29) is 12.3 Å². The number of thiophene rings is 1. The third kappa shape index (κ3) is 2.55. The Labute approximate surface area is 109 Å². The first kappa shape index (κ1) is 12.7. The van der Waals surface area contributed by atoms with Crippen LogP contribution in [0.25, 0.3) is 0 Å². The molecule has 2 rings (SSSR count). The molecule has 18 heavy (non-hydrogen) atoms. The number of hydrogen-bond acceptors (Lipinski definition) is 3. The van der Waals surface area contributed by atoms with Crippen LogP contribution in [0.3, 0.4) is 0 Å². The quantitative estimate of drug-likeness (QED) is 0.843. The lowest BCUT2D eigenvalue weighted by Crippen LogP contribution is -2.23. The van der Waals surface area contributed by atoms with E-state index in [9.17, 15) is 4.79 Å². The molecule has 2 aromatic rings. The predicted molar refractivity (Wildman–Crippen MR) is 71.8 cm³/mol. The van der Waals surface area contributed by atoms with E-state index in [1.807, 2.05) is 18.4 Å². The first-order chi connectivity index (χ1) is 8.76. The van der Waals surface area contributed by atoms with Gasteiger partial charge in [0, 0.05) is 29.4 Å². The molecular formula is C13H14N2O2S. The van der Waals surface area contributed by atoms with E-state index in [1.165, 1.54) is 0 Å². The van der Waals surface area contributed by atoms with Gasteiger partial charge in [0.15, 0.2) is 0 Å². The monoisotopic (exact) mass is 262 g/mol. The van der Waals surface area contributed by atoms with Gasteiger partial charge in [-0.25, -0.2) is 4.79 Å². The minimum atomic E-state index is -0.151. The number of rotatable bonds is 3. The topological polar surface area (TPSA) is 47.2 Å². The molecule has 0 aliphatic carbocycles. The van der Waals surface area contributed by atoms with Crippen molar-refractivity contribution in [1.29, 1.82) is 0 Å². The molecule has 0 fully saturated rings. The fourth-order valence-electron chi connectivity index (χ4n) is 1.68. The summed E-state index contributed by atoms with van der Waals surface area (Å²) < 4.78 is 3.33. The van der Waals surface area contributed by atoms with E-state index in [1.54, 1.807) is 32.9 Å². The maximum absolute atomic E-state index is 11.9. The van der Waals surface area contributed by atoms with Crippen LogP contribution in [0.5, 0.6) is 0 Å². The summed E-state index contributed by atoms with van der Waals surface area (Å²) in [6, 6.07) is 1.91. The minimum absolute atomic E-state index is 0.00744. The molecule has 0 saturated carbocycles. The lowest BCUT2D eigenvalue weighted by atomic mass is 10.2. The lowest BCUT2D eigenvalue weighted by Gasteiger charge is -2.00. The van der Waals surface area contributed by atoms with Gasteiger partial charge in [-0.1, -0.05) is 11.8 Å². The van der Waals surface area contributed by atoms with Crippen molar-refractivity contribution in [2.24, 2.45) is 0 Å². The fourth-order valence-corrected chi connectivity index (χ4v) is 2.51. The second kappa shape index (κ2) is 5.71.